The molecule has 7 nitrogen and oxygen atoms in total. The fourth-order valence-electron chi connectivity index (χ4n) is 2.27. The quantitative estimate of drug-likeness (QED) is 0.374. The van der Waals surface area contributed by atoms with Gasteiger partial charge in [-0.2, -0.15) is 0 Å². The second kappa shape index (κ2) is 5.21. The largest absolute Gasteiger partial charge is 0.535 e. The Morgan fingerprint density at radius 2 is 2.42 bits per heavy atom. The highest BCUT2D eigenvalue weighted by atomic mass is 16.5. The van der Waals surface area contributed by atoms with E-state index in [1.54, 1.807) is 19.1 Å². The van der Waals surface area contributed by atoms with Gasteiger partial charge in [0.05, 0.1) is 0 Å². The fourth-order valence-corrected chi connectivity index (χ4v) is 2.27. The number of aryl methyl sites for hydroxylation is 1. The number of hydrogen-bond acceptors (Lipinski definition) is 4. The van der Waals surface area contributed by atoms with Crippen molar-refractivity contribution in [1.29, 1.82) is 0 Å². The maximum Gasteiger partial charge on any atom is 0.523 e. The van der Waals surface area contributed by atoms with Gasteiger partial charge in [-0.15, -0.1) is 0 Å². The van der Waals surface area contributed by atoms with E-state index in [-0.39, 0.29) is 30.1 Å². The number of carbonyl (C=O) groups is 1. The van der Waals surface area contributed by atoms with E-state index in [4.69, 9.17) is 10.2 Å². The minimum absolute atomic E-state index is 0.0437. The lowest BCUT2D eigenvalue weighted by molar-refractivity contribution is 0.0693. The zero-order valence-electron chi connectivity index (χ0n) is 10.3. The van der Waals surface area contributed by atoms with E-state index in [9.17, 15) is 14.9 Å². The summed E-state index contributed by atoms with van der Waals surface area (Å²) in [5.74, 6) is -1.18. The molecule has 0 bridgehead atoms. The van der Waals surface area contributed by atoms with Crippen molar-refractivity contribution in [1.82, 2.24) is 0 Å². The van der Waals surface area contributed by atoms with E-state index in [0.717, 1.165) is 0 Å². The van der Waals surface area contributed by atoms with Crippen molar-refractivity contribution in [2.75, 3.05) is 6.54 Å². The van der Waals surface area contributed by atoms with Gasteiger partial charge < -0.3 is 14.8 Å². The van der Waals surface area contributed by atoms with Crippen LogP contribution in [0, 0.1) is 6.92 Å². The summed E-state index contributed by atoms with van der Waals surface area (Å²) in [6.07, 6.45) is 0.272. The third kappa shape index (κ3) is 2.49. The molecule has 2 N–H and O–H groups in total. The Bertz CT molecular complexity index is 571. The molecule has 1 aromatic carbocycles. The average molecular weight is 261 g/mol. The van der Waals surface area contributed by atoms with Gasteiger partial charge in [-0.25, -0.2) is 4.79 Å². The molecule has 1 aliphatic rings. The average Bonchev–Trinajstić information content (AvgIpc) is 2.34. The van der Waals surface area contributed by atoms with Gasteiger partial charge in [0.1, 0.15) is 11.3 Å². The smallest absolute Gasteiger partial charge is 0.523 e. The van der Waals surface area contributed by atoms with Crippen molar-refractivity contribution in [3.8, 4) is 5.75 Å². The number of carboxylic acids is 1. The van der Waals surface area contributed by atoms with Crippen LogP contribution in [0.1, 0.15) is 27.4 Å². The van der Waals surface area contributed by atoms with E-state index in [1.165, 1.54) is 0 Å². The van der Waals surface area contributed by atoms with Crippen LogP contribution in [0.25, 0.3) is 10.4 Å². The van der Waals surface area contributed by atoms with Gasteiger partial charge in [0, 0.05) is 17.8 Å². The standard InChI is InChI=1S/C11H12BN3O4/c1-6-2-3-8-7(5-14-15-13)4-12(18)19-10(8)9(6)11(16)17/h2-3,7,18H,4-5H2,1H3,(H,16,17). The first-order chi connectivity index (χ1) is 9.04. The number of benzene rings is 1. The first-order valence-electron chi connectivity index (χ1n) is 5.77. The van der Waals surface area contributed by atoms with Crippen LogP contribution in [0.2, 0.25) is 6.32 Å². The Morgan fingerprint density at radius 3 is 3.05 bits per heavy atom. The molecule has 98 valence electrons. The molecular weight excluding hydrogens is 249 g/mol. The van der Waals surface area contributed by atoms with Gasteiger partial charge in [0.25, 0.3) is 0 Å². The highest BCUT2D eigenvalue weighted by molar-refractivity contribution is 6.44. The van der Waals surface area contributed by atoms with Crippen LogP contribution in [0.4, 0.5) is 0 Å². The summed E-state index contributed by atoms with van der Waals surface area (Å²) in [5, 5.41) is 22.4. The van der Waals surface area contributed by atoms with Gasteiger partial charge in [-0.3, -0.25) is 0 Å². The lowest BCUT2D eigenvalue weighted by Gasteiger charge is -2.28. The van der Waals surface area contributed by atoms with Crippen molar-refractivity contribution in [3.63, 3.8) is 0 Å². The molecule has 8 heteroatoms. The molecule has 2 rings (SSSR count). The summed E-state index contributed by atoms with van der Waals surface area (Å²) < 4.78 is 5.26. The molecule has 0 spiro atoms. The fraction of sp³-hybridized carbons (Fsp3) is 0.364. The van der Waals surface area contributed by atoms with Gasteiger partial charge in [0.2, 0.25) is 0 Å². The zero-order chi connectivity index (χ0) is 14.0. The number of hydrogen-bond donors (Lipinski definition) is 2. The van der Waals surface area contributed by atoms with Crippen LogP contribution >= 0.6 is 0 Å². The summed E-state index contributed by atoms with van der Waals surface area (Å²) in [4.78, 5) is 14.0. The van der Waals surface area contributed by atoms with Crippen LogP contribution in [0.15, 0.2) is 17.2 Å². The lowest BCUT2D eigenvalue weighted by atomic mass is 9.71. The number of carboxylic acid groups (broad SMARTS) is 1. The van der Waals surface area contributed by atoms with Gasteiger partial charge in [-0.05, 0) is 29.5 Å². The number of aromatic carboxylic acids is 1. The first kappa shape index (κ1) is 13.3. The summed E-state index contributed by atoms with van der Waals surface area (Å²) in [7, 11) is -1.09. The Hall–Kier alpha value is -2.18. The van der Waals surface area contributed by atoms with Crippen molar-refractivity contribution in [3.05, 3.63) is 39.3 Å². The van der Waals surface area contributed by atoms with Crippen molar-refractivity contribution in [2.45, 2.75) is 19.2 Å². The predicted octanol–water partition coefficient (Wildman–Crippen LogP) is 1.96. The zero-order valence-corrected chi connectivity index (χ0v) is 10.3. The monoisotopic (exact) mass is 261 g/mol. The summed E-state index contributed by atoms with van der Waals surface area (Å²) >= 11 is 0. The minimum atomic E-state index is -1.11. The highest BCUT2D eigenvalue weighted by Gasteiger charge is 2.34. The second-order valence-electron chi connectivity index (χ2n) is 4.40. The van der Waals surface area contributed by atoms with Crippen LogP contribution in [0.3, 0.4) is 0 Å². The van der Waals surface area contributed by atoms with Crippen LogP contribution in [-0.4, -0.2) is 29.8 Å². The van der Waals surface area contributed by atoms with Gasteiger partial charge in [-0.1, -0.05) is 17.2 Å². The maximum absolute atomic E-state index is 11.3. The Kier molecular flexibility index (Phi) is 3.64. The molecule has 1 aliphatic heterocycles. The number of fused-ring (bicyclic) bond motifs is 1. The van der Waals surface area contributed by atoms with Crippen LogP contribution < -0.4 is 4.65 Å². The maximum atomic E-state index is 11.3. The molecule has 0 radical (unpaired) electrons. The van der Waals surface area contributed by atoms with E-state index in [0.29, 0.717) is 11.1 Å². The predicted molar refractivity (Wildman–Crippen MR) is 68.3 cm³/mol. The summed E-state index contributed by atoms with van der Waals surface area (Å²) in [6.45, 7) is 1.82. The van der Waals surface area contributed by atoms with Crippen molar-refractivity contribution in [2.24, 2.45) is 5.11 Å². The van der Waals surface area contributed by atoms with E-state index < -0.39 is 13.1 Å². The lowest BCUT2D eigenvalue weighted by Crippen LogP contribution is -2.31. The first-order valence-corrected chi connectivity index (χ1v) is 5.77. The van der Waals surface area contributed by atoms with E-state index in [2.05, 4.69) is 10.0 Å². The summed E-state index contributed by atoms with van der Waals surface area (Å²) in [5.41, 5.74) is 9.62. The topological polar surface area (TPSA) is 116 Å². The summed E-state index contributed by atoms with van der Waals surface area (Å²) in [6, 6.07) is 3.44. The molecule has 0 aliphatic carbocycles. The molecule has 0 aromatic heterocycles. The van der Waals surface area contributed by atoms with Crippen LogP contribution in [0.5, 0.6) is 5.75 Å². The van der Waals surface area contributed by atoms with Crippen LogP contribution in [-0.2, 0) is 0 Å². The molecule has 1 atom stereocenters. The number of azide groups is 1. The Balaban J connectivity index is 2.54. The Labute approximate surface area is 109 Å². The molecule has 0 saturated heterocycles. The molecule has 0 fully saturated rings. The number of rotatable bonds is 3. The van der Waals surface area contributed by atoms with Crippen molar-refractivity contribution < 1.29 is 19.6 Å². The molecule has 1 heterocycles. The van der Waals surface area contributed by atoms with Gasteiger partial charge >= 0.3 is 13.1 Å². The molecule has 1 aromatic rings. The third-order valence-corrected chi connectivity index (χ3v) is 3.16. The molecular formula is C11H12BN3O4. The molecule has 0 amide bonds. The molecule has 0 saturated carbocycles. The van der Waals surface area contributed by atoms with E-state index >= 15 is 0 Å². The minimum Gasteiger partial charge on any atom is -0.535 e. The third-order valence-electron chi connectivity index (χ3n) is 3.16. The SMILES string of the molecule is Cc1ccc2c(c1C(=O)O)OB(O)CC2CN=[N+]=[N-]. The normalized spacial score (nSPS) is 17.2. The Morgan fingerprint density at radius 1 is 1.68 bits per heavy atom. The second-order valence-corrected chi connectivity index (χ2v) is 4.40. The molecule has 19 heavy (non-hydrogen) atoms. The highest BCUT2D eigenvalue weighted by Crippen LogP contribution is 2.39. The number of nitrogens with zero attached hydrogens (tertiary/aromatic N) is 3. The van der Waals surface area contributed by atoms with E-state index in [1.807, 2.05) is 0 Å². The van der Waals surface area contributed by atoms with Crippen molar-refractivity contribution >= 4 is 13.1 Å². The van der Waals surface area contributed by atoms with Gasteiger partial charge in [0.15, 0.2) is 0 Å². The molecule has 1 unspecified atom stereocenters.